The highest BCUT2D eigenvalue weighted by atomic mass is 79.9. The predicted octanol–water partition coefficient (Wildman–Crippen LogP) is 3.34. The molecule has 1 aromatic heterocycles. The van der Waals surface area contributed by atoms with Crippen LogP contribution < -0.4 is 5.32 Å². The number of hydrogen-bond acceptors (Lipinski definition) is 4. The fourth-order valence-electron chi connectivity index (χ4n) is 2.01. The van der Waals surface area contributed by atoms with E-state index in [1.54, 1.807) is 6.92 Å². The second kappa shape index (κ2) is 7.36. The number of benzene rings is 1. The van der Waals surface area contributed by atoms with E-state index >= 15 is 0 Å². The lowest BCUT2D eigenvalue weighted by Crippen LogP contribution is -2.26. The number of hydrogen-bond donors (Lipinski definition) is 1. The molecule has 2 aromatic rings. The summed E-state index contributed by atoms with van der Waals surface area (Å²) < 4.78 is 6.02. The number of nitrogens with one attached hydrogen (secondary N) is 1. The molecular formula is C15H18BrN3O2. The number of rotatable bonds is 6. The number of amides is 1. The lowest BCUT2D eigenvalue weighted by atomic mass is 10.1. The molecule has 6 heteroatoms. The molecule has 0 fully saturated rings. The second-order valence-corrected chi connectivity index (χ2v) is 5.85. The largest absolute Gasteiger partial charge is 0.350 e. The van der Waals surface area contributed by atoms with Crippen molar-refractivity contribution in [2.24, 2.45) is 0 Å². The summed E-state index contributed by atoms with van der Waals surface area (Å²) in [5.74, 6) is 1.23. The van der Waals surface area contributed by atoms with Gasteiger partial charge in [-0.3, -0.25) is 4.79 Å². The van der Waals surface area contributed by atoms with Crippen LogP contribution in [0.4, 0.5) is 0 Å². The summed E-state index contributed by atoms with van der Waals surface area (Å²) in [5, 5.41) is 6.71. The van der Waals surface area contributed by atoms with E-state index in [-0.39, 0.29) is 11.9 Å². The molecule has 0 saturated carbocycles. The summed E-state index contributed by atoms with van der Waals surface area (Å²) in [7, 11) is 0. The standard InChI is InChI=1S/C15H18BrN3O2/c1-10(12-5-3-6-13(16)9-12)17-14(20)7-4-8-15-18-11(2)19-21-15/h3,5-6,9-10H,4,7-8H2,1-2H3,(H,17,20). The van der Waals surface area contributed by atoms with Crippen LogP contribution in [0.25, 0.3) is 0 Å². The molecule has 1 atom stereocenters. The number of halogens is 1. The normalized spacial score (nSPS) is 12.1. The molecule has 1 amide bonds. The van der Waals surface area contributed by atoms with Gasteiger partial charge < -0.3 is 9.84 Å². The molecule has 0 spiro atoms. The zero-order valence-electron chi connectivity index (χ0n) is 12.1. The summed E-state index contributed by atoms with van der Waals surface area (Å²) in [6, 6.07) is 7.91. The first-order valence-corrected chi connectivity index (χ1v) is 7.68. The third-order valence-corrected chi connectivity index (χ3v) is 3.58. The molecule has 21 heavy (non-hydrogen) atoms. The van der Waals surface area contributed by atoms with Gasteiger partial charge in [0.25, 0.3) is 0 Å². The van der Waals surface area contributed by atoms with Gasteiger partial charge in [0.05, 0.1) is 6.04 Å². The molecule has 0 saturated heterocycles. The minimum absolute atomic E-state index is 0.0133. The first-order valence-electron chi connectivity index (χ1n) is 6.88. The van der Waals surface area contributed by atoms with Crippen molar-refractivity contribution in [3.05, 3.63) is 46.0 Å². The van der Waals surface area contributed by atoms with Crippen molar-refractivity contribution in [3.8, 4) is 0 Å². The highest BCUT2D eigenvalue weighted by molar-refractivity contribution is 9.10. The summed E-state index contributed by atoms with van der Waals surface area (Å²) in [4.78, 5) is 16.0. The van der Waals surface area contributed by atoms with Crippen molar-refractivity contribution >= 4 is 21.8 Å². The van der Waals surface area contributed by atoms with Crippen LogP contribution >= 0.6 is 15.9 Å². The Hall–Kier alpha value is -1.69. The highest BCUT2D eigenvalue weighted by Gasteiger charge is 2.10. The maximum atomic E-state index is 11.9. The third-order valence-electron chi connectivity index (χ3n) is 3.09. The Morgan fingerprint density at radius 1 is 1.48 bits per heavy atom. The molecule has 1 unspecified atom stereocenters. The van der Waals surface area contributed by atoms with Crippen LogP contribution in [-0.4, -0.2) is 16.0 Å². The number of aromatic nitrogens is 2. The zero-order chi connectivity index (χ0) is 15.2. The first-order chi connectivity index (χ1) is 10.0. The molecule has 112 valence electrons. The highest BCUT2D eigenvalue weighted by Crippen LogP contribution is 2.18. The minimum atomic E-state index is -0.0133. The van der Waals surface area contributed by atoms with E-state index in [0.29, 0.717) is 31.0 Å². The van der Waals surface area contributed by atoms with Gasteiger partial charge in [-0.1, -0.05) is 33.2 Å². The number of nitrogens with zero attached hydrogens (tertiary/aromatic N) is 2. The maximum Gasteiger partial charge on any atom is 0.226 e. The molecule has 0 bridgehead atoms. The molecule has 2 rings (SSSR count). The van der Waals surface area contributed by atoms with Crippen LogP contribution in [0.1, 0.15) is 43.1 Å². The van der Waals surface area contributed by atoms with Gasteiger partial charge in [0, 0.05) is 17.3 Å². The summed E-state index contributed by atoms with van der Waals surface area (Å²) in [6.07, 6.45) is 1.76. The van der Waals surface area contributed by atoms with Crippen molar-refractivity contribution in [2.45, 2.75) is 39.2 Å². The summed E-state index contributed by atoms with van der Waals surface area (Å²) in [6.45, 7) is 3.75. The number of aryl methyl sites for hydroxylation is 2. The van der Waals surface area contributed by atoms with Gasteiger partial charge in [0.1, 0.15) is 0 Å². The topological polar surface area (TPSA) is 68.0 Å². The summed E-state index contributed by atoms with van der Waals surface area (Å²) >= 11 is 3.43. The molecule has 5 nitrogen and oxygen atoms in total. The van der Waals surface area contributed by atoms with Crippen LogP contribution in [0.15, 0.2) is 33.3 Å². The Labute approximate surface area is 132 Å². The van der Waals surface area contributed by atoms with Gasteiger partial charge in [-0.05, 0) is 38.0 Å². The Balaban J connectivity index is 1.76. The van der Waals surface area contributed by atoms with Crippen molar-refractivity contribution in [3.63, 3.8) is 0 Å². The lowest BCUT2D eigenvalue weighted by molar-refractivity contribution is -0.121. The van der Waals surface area contributed by atoms with E-state index in [9.17, 15) is 4.79 Å². The van der Waals surface area contributed by atoms with Gasteiger partial charge in [0.15, 0.2) is 5.82 Å². The Kier molecular flexibility index (Phi) is 5.50. The van der Waals surface area contributed by atoms with Crippen LogP contribution in [0.2, 0.25) is 0 Å². The quantitative estimate of drug-likeness (QED) is 0.866. The molecule has 0 aliphatic carbocycles. The van der Waals surface area contributed by atoms with Crippen LogP contribution in [0.5, 0.6) is 0 Å². The Morgan fingerprint density at radius 2 is 2.29 bits per heavy atom. The zero-order valence-corrected chi connectivity index (χ0v) is 13.7. The fraction of sp³-hybridized carbons (Fsp3) is 0.400. The van der Waals surface area contributed by atoms with Gasteiger partial charge >= 0.3 is 0 Å². The van der Waals surface area contributed by atoms with Crippen LogP contribution in [-0.2, 0) is 11.2 Å². The van der Waals surface area contributed by atoms with E-state index in [1.165, 1.54) is 0 Å². The number of carbonyl (C=O) groups is 1. The molecular weight excluding hydrogens is 334 g/mol. The minimum Gasteiger partial charge on any atom is -0.350 e. The Morgan fingerprint density at radius 3 is 2.95 bits per heavy atom. The first kappa shape index (κ1) is 15.7. The van der Waals surface area contributed by atoms with E-state index < -0.39 is 0 Å². The monoisotopic (exact) mass is 351 g/mol. The molecule has 0 aliphatic heterocycles. The molecule has 0 radical (unpaired) electrons. The SMILES string of the molecule is Cc1noc(CCCC(=O)NC(C)c2cccc(Br)c2)n1. The van der Waals surface area contributed by atoms with Gasteiger partial charge in [-0.25, -0.2) is 0 Å². The molecule has 1 aromatic carbocycles. The molecule has 1 N–H and O–H groups in total. The fourth-order valence-corrected chi connectivity index (χ4v) is 2.43. The van der Waals surface area contributed by atoms with Crippen LogP contribution in [0, 0.1) is 6.92 Å². The molecule has 0 aliphatic rings. The lowest BCUT2D eigenvalue weighted by Gasteiger charge is -2.14. The van der Waals surface area contributed by atoms with Gasteiger partial charge in [0.2, 0.25) is 11.8 Å². The van der Waals surface area contributed by atoms with E-state index in [0.717, 1.165) is 10.0 Å². The van der Waals surface area contributed by atoms with E-state index in [2.05, 4.69) is 31.4 Å². The number of carbonyl (C=O) groups excluding carboxylic acids is 1. The maximum absolute atomic E-state index is 11.9. The van der Waals surface area contributed by atoms with Crippen molar-refractivity contribution in [1.29, 1.82) is 0 Å². The average Bonchev–Trinajstić information content (AvgIpc) is 2.84. The van der Waals surface area contributed by atoms with E-state index in [1.807, 2.05) is 31.2 Å². The molecule has 1 heterocycles. The van der Waals surface area contributed by atoms with E-state index in [4.69, 9.17) is 4.52 Å². The van der Waals surface area contributed by atoms with Crippen molar-refractivity contribution in [1.82, 2.24) is 15.5 Å². The van der Waals surface area contributed by atoms with Gasteiger partial charge in [-0.2, -0.15) is 4.98 Å². The Bertz CT molecular complexity index is 612. The third kappa shape index (κ3) is 4.97. The summed E-state index contributed by atoms with van der Waals surface area (Å²) in [5.41, 5.74) is 1.07. The average molecular weight is 352 g/mol. The van der Waals surface area contributed by atoms with Gasteiger partial charge in [-0.15, -0.1) is 0 Å². The predicted molar refractivity (Wildman–Crippen MR) is 82.7 cm³/mol. The van der Waals surface area contributed by atoms with Crippen molar-refractivity contribution < 1.29 is 9.32 Å². The second-order valence-electron chi connectivity index (χ2n) is 4.93. The van der Waals surface area contributed by atoms with Crippen molar-refractivity contribution in [2.75, 3.05) is 0 Å². The smallest absolute Gasteiger partial charge is 0.226 e. The van der Waals surface area contributed by atoms with Crippen LogP contribution in [0.3, 0.4) is 0 Å².